The quantitative estimate of drug-likeness (QED) is 0.460. The minimum absolute atomic E-state index is 0.211. The second-order valence-electron chi connectivity index (χ2n) is 2.60. The van der Waals surface area contributed by atoms with E-state index in [4.69, 9.17) is 0 Å². The molecule has 0 aromatic rings. The fourth-order valence-corrected chi connectivity index (χ4v) is 0.763. The van der Waals surface area contributed by atoms with Crippen molar-refractivity contribution in [3.63, 3.8) is 0 Å². The summed E-state index contributed by atoms with van der Waals surface area (Å²) < 4.78 is 25.4. The molecule has 0 atom stereocenters. The van der Waals surface area contributed by atoms with Crippen LogP contribution in [-0.2, 0) is 9.59 Å². The third kappa shape index (κ3) is 3.55. The molecule has 0 radical (unpaired) electrons. The van der Waals surface area contributed by atoms with Gasteiger partial charge in [-0.1, -0.05) is 13.3 Å². The first-order valence-electron chi connectivity index (χ1n) is 3.89. The Morgan fingerprint density at radius 2 is 2.08 bits per heavy atom. The first-order chi connectivity index (χ1) is 5.54. The van der Waals surface area contributed by atoms with Crippen LogP contribution in [0.25, 0.3) is 0 Å². The molecule has 0 fully saturated rings. The summed E-state index contributed by atoms with van der Waals surface area (Å²) in [6, 6.07) is 0. The highest BCUT2D eigenvalue weighted by molar-refractivity contribution is 5.94. The monoisotopic (exact) mass is 178 g/mol. The van der Waals surface area contributed by atoms with Gasteiger partial charge in [-0.15, -0.1) is 0 Å². The molecule has 4 heteroatoms. The fraction of sp³-hybridized carbons (Fsp3) is 0.750. The van der Waals surface area contributed by atoms with E-state index < -0.39 is 24.5 Å². The predicted octanol–water partition coefficient (Wildman–Crippen LogP) is 1.97. The van der Waals surface area contributed by atoms with Gasteiger partial charge in [0.15, 0.2) is 0 Å². The summed E-state index contributed by atoms with van der Waals surface area (Å²) in [5.74, 6) is -4.58. The molecule has 0 aliphatic rings. The standard InChI is InChI=1S/C8H12F2O2/c1-2-3-5-8(9,10)7(12)4-6-11/h6H,2-5H2,1H3. The van der Waals surface area contributed by atoms with Gasteiger partial charge in [-0.2, -0.15) is 8.78 Å². The van der Waals surface area contributed by atoms with E-state index in [0.717, 1.165) is 0 Å². The Kier molecular flexibility index (Phi) is 4.62. The highest BCUT2D eigenvalue weighted by Crippen LogP contribution is 2.23. The summed E-state index contributed by atoms with van der Waals surface area (Å²) in [6.07, 6.45) is -0.00334. The van der Waals surface area contributed by atoms with Crippen molar-refractivity contribution in [1.82, 2.24) is 0 Å². The van der Waals surface area contributed by atoms with Gasteiger partial charge >= 0.3 is 5.92 Å². The summed E-state index contributed by atoms with van der Waals surface area (Å²) in [5.41, 5.74) is 0. The van der Waals surface area contributed by atoms with Gasteiger partial charge in [-0.3, -0.25) is 4.79 Å². The minimum Gasteiger partial charge on any atom is -0.303 e. The predicted molar refractivity (Wildman–Crippen MR) is 40.2 cm³/mol. The second-order valence-corrected chi connectivity index (χ2v) is 2.60. The Morgan fingerprint density at radius 1 is 1.50 bits per heavy atom. The Bertz CT molecular complexity index is 166. The van der Waals surface area contributed by atoms with E-state index in [1.165, 1.54) is 0 Å². The van der Waals surface area contributed by atoms with Gasteiger partial charge in [0.05, 0.1) is 6.42 Å². The van der Waals surface area contributed by atoms with Crippen molar-refractivity contribution in [1.29, 1.82) is 0 Å². The van der Waals surface area contributed by atoms with Crippen molar-refractivity contribution in [2.24, 2.45) is 0 Å². The summed E-state index contributed by atoms with van der Waals surface area (Å²) in [7, 11) is 0. The summed E-state index contributed by atoms with van der Waals surface area (Å²) in [6.45, 7) is 1.76. The number of hydrogen-bond donors (Lipinski definition) is 0. The van der Waals surface area contributed by atoms with Crippen LogP contribution in [0.1, 0.15) is 32.6 Å². The van der Waals surface area contributed by atoms with Crippen LogP contribution in [0, 0.1) is 0 Å². The van der Waals surface area contributed by atoms with Gasteiger partial charge in [0, 0.05) is 6.42 Å². The first-order valence-corrected chi connectivity index (χ1v) is 3.89. The van der Waals surface area contributed by atoms with E-state index in [-0.39, 0.29) is 6.29 Å². The van der Waals surface area contributed by atoms with E-state index in [0.29, 0.717) is 12.8 Å². The van der Waals surface area contributed by atoms with Gasteiger partial charge in [0.1, 0.15) is 6.29 Å². The molecular formula is C8H12F2O2. The lowest BCUT2D eigenvalue weighted by Gasteiger charge is -2.12. The lowest BCUT2D eigenvalue weighted by molar-refractivity contribution is -0.145. The zero-order valence-electron chi connectivity index (χ0n) is 6.98. The van der Waals surface area contributed by atoms with Crippen LogP contribution in [0.4, 0.5) is 8.78 Å². The summed E-state index contributed by atoms with van der Waals surface area (Å²) >= 11 is 0. The molecule has 0 aromatic carbocycles. The van der Waals surface area contributed by atoms with Crippen LogP contribution in [0.3, 0.4) is 0 Å². The third-order valence-corrected chi connectivity index (χ3v) is 1.52. The average Bonchev–Trinajstić information content (AvgIpc) is 2.01. The number of ketones is 1. The van der Waals surface area contributed by atoms with Crippen LogP contribution in [-0.4, -0.2) is 18.0 Å². The number of carbonyl (C=O) groups excluding carboxylic acids is 2. The van der Waals surface area contributed by atoms with Crippen LogP contribution in [0.2, 0.25) is 0 Å². The van der Waals surface area contributed by atoms with E-state index in [1.54, 1.807) is 6.92 Å². The molecule has 0 rings (SSSR count). The summed E-state index contributed by atoms with van der Waals surface area (Å²) in [4.78, 5) is 20.4. The molecule has 0 aliphatic carbocycles. The largest absolute Gasteiger partial charge is 0.305 e. The Balaban J connectivity index is 3.99. The van der Waals surface area contributed by atoms with Gasteiger partial charge in [0.2, 0.25) is 5.78 Å². The van der Waals surface area contributed by atoms with E-state index in [1.807, 2.05) is 0 Å². The van der Waals surface area contributed by atoms with Crippen molar-refractivity contribution in [3.8, 4) is 0 Å². The SMILES string of the molecule is CCCCC(F)(F)C(=O)CC=O. The van der Waals surface area contributed by atoms with Crippen LogP contribution < -0.4 is 0 Å². The van der Waals surface area contributed by atoms with Gasteiger partial charge in [-0.05, 0) is 6.42 Å². The molecule has 0 aromatic heterocycles. The summed E-state index contributed by atoms with van der Waals surface area (Å²) in [5, 5.41) is 0. The third-order valence-electron chi connectivity index (χ3n) is 1.52. The Morgan fingerprint density at radius 3 is 2.50 bits per heavy atom. The maximum absolute atomic E-state index is 12.7. The van der Waals surface area contributed by atoms with Crippen LogP contribution in [0.15, 0.2) is 0 Å². The maximum atomic E-state index is 12.7. The average molecular weight is 178 g/mol. The minimum atomic E-state index is -3.31. The van der Waals surface area contributed by atoms with E-state index >= 15 is 0 Å². The Hall–Kier alpha value is -0.800. The zero-order chi connectivity index (χ0) is 9.61. The fourth-order valence-electron chi connectivity index (χ4n) is 0.763. The topological polar surface area (TPSA) is 34.1 Å². The van der Waals surface area contributed by atoms with Crippen molar-refractivity contribution < 1.29 is 18.4 Å². The number of aldehydes is 1. The second kappa shape index (κ2) is 4.95. The zero-order valence-corrected chi connectivity index (χ0v) is 6.98. The molecule has 0 amide bonds. The molecule has 70 valence electrons. The molecule has 0 spiro atoms. The molecule has 0 saturated carbocycles. The van der Waals surface area contributed by atoms with E-state index in [9.17, 15) is 18.4 Å². The van der Waals surface area contributed by atoms with Crippen molar-refractivity contribution in [3.05, 3.63) is 0 Å². The normalized spacial score (nSPS) is 11.2. The van der Waals surface area contributed by atoms with Crippen LogP contribution in [0.5, 0.6) is 0 Å². The molecule has 0 unspecified atom stereocenters. The molecule has 2 nitrogen and oxygen atoms in total. The highest BCUT2D eigenvalue weighted by Gasteiger charge is 2.36. The van der Waals surface area contributed by atoms with Gasteiger partial charge < -0.3 is 4.79 Å². The molecule has 0 bridgehead atoms. The number of rotatable bonds is 6. The molecule has 0 saturated heterocycles. The number of carbonyl (C=O) groups is 2. The smallest absolute Gasteiger partial charge is 0.303 e. The lowest BCUT2D eigenvalue weighted by Crippen LogP contribution is -2.28. The van der Waals surface area contributed by atoms with Crippen molar-refractivity contribution in [2.75, 3.05) is 0 Å². The Labute approximate surface area is 69.9 Å². The van der Waals surface area contributed by atoms with Crippen LogP contribution >= 0.6 is 0 Å². The number of Topliss-reactive ketones (excluding diaryl/α,β-unsaturated/α-hetero) is 1. The molecule has 0 aliphatic heterocycles. The number of halogens is 2. The molecular weight excluding hydrogens is 166 g/mol. The lowest BCUT2D eigenvalue weighted by atomic mass is 10.1. The van der Waals surface area contributed by atoms with Gasteiger partial charge in [-0.25, -0.2) is 0 Å². The number of unbranched alkanes of at least 4 members (excludes halogenated alkanes) is 1. The molecule has 12 heavy (non-hydrogen) atoms. The van der Waals surface area contributed by atoms with Crippen molar-refractivity contribution >= 4 is 12.1 Å². The van der Waals surface area contributed by atoms with Gasteiger partial charge in [0.25, 0.3) is 0 Å². The number of hydrogen-bond acceptors (Lipinski definition) is 2. The molecule has 0 heterocycles. The van der Waals surface area contributed by atoms with E-state index in [2.05, 4.69) is 0 Å². The van der Waals surface area contributed by atoms with Crippen molar-refractivity contribution in [2.45, 2.75) is 38.5 Å². The highest BCUT2D eigenvalue weighted by atomic mass is 19.3. The number of alkyl halides is 2. The first kappa shape index (κ1) is 11.2. The molecule has 0 N–H and O–H groups in total. The maximum Gasteiger partial charge on any atom is 0.305 e.